The number of hydrogen-bond acceptors (Lipinski definition) is 4. The number of cyclic esters (lactones) is 1. The Bertz CT molecular complexity index is 450. The molecule has 0 amide bonds. The second kappa shape index (κ2) is 3.96. The van der Waals surface area contributed by atoms with Crippen molar-refractivity contribution in [2.45, 2.75) is 19.4 Å². The maximum atomic E-state index is 11.6. The molecule has 4 heteroatoms. The van der Waals surface area contributed by atoms with Gasteiger partial charge in [0.1, 0.15) is 0 Å². The lowest BCUT2D eigenvalue weighted by atomic mass is 9.97. The summed E-state index contributed by atoms with van der Waals surface area (Å²) >= 11 is 0. The van der Waals surface area contributed by atoms with Gasteiger partial charge in [-0.05, 0) is 18.6 Å². The fourth-order valence-electron chi connectivity index (χ4n) is 1.76. The van der Waals surface area contributed by atoms with Crippen LogP contribution in [0.5, 0.6) is 0 Å². The minimum Gasteiger partial charge on any atom is -0.466 e. The van der Waals surface area contributed by atoms with Crippen molar-refractivity contribution >= 4 is 11.9 Å². The molecule has 0 fully saturated rings. The molecule has 2 rings (SSSR count). The third-order valence-corrected chi connectivity index (χ3v) is 2.60. The predicted molar refractivity (Wildman–Crippen MR) is 56.1 cm³/mol. The normalized spacial score (nSPS) is 18.6. The van der Waals surface area contributed by atoms with Gasteiger partial charge in [-0.3, -0.25) is 0 Å². The molecular weight excluding hydrogens is 208 g/mol. The predicted octanol–water partition coefficient (Wildman–Crippen LogP) is 1.25. The highest BCUT2D eigenvalue weighted by atomic mass is 16.6. The molecule has 0 bridgehead atoms. The summed E-state index contributed by atoms with van der Waals surface area (Å²) in [7, 11) is 1.28. The first-order chi connectivity index (χ1) is 7.61. The van der Waals surface area contributed by atoms with Crippen LogP contribution in [0.3, 0.4) is 0 Å². The summed E-state index contributed by atoms with van der Waals surface area (Å²) < 4.78 is 9.57. The molecule has 0 aliphatic carbocycles. The molecule has 84 valence electrons. The second-order valence-electron chi connectivity index (χ2n) is 3.78. The fraction of sp³-hybridized carbons (Fsp3) is 0.333. The molecular formula is C12H12O4. The first-order valence-electron chi connectivity index (χ1n) is 5.00. The van der Waals surface area contributed by atoms with Crippen LogP contribution >= 0.6 is 0 Å². The van der Waals surface area contributed by atoms with Crippen molar-refractivity contribution in [1.82, 2.24) is 0 Å². The average Bonchev–Trinajstić information content (AvgIpc) is 2.28. The van der Waals surface area contributed by atoms with E-state index in [1.165, 1.54) is 7.11 Å². The van der Waals surface area contributed by atoms with Gasteiger partial charge in [-0.25, -0.2) is 9.59 Å². The molecule has 0 radical (unpaired) electrons. The van der Waals surface area contributed by atoms with Gasteiger partial charge in [-0.15, -0.1) is 0 Å². The Kier molecular flexibility index (Phi) is 2.64. The van der Waals surface area contributed by atoms with Crippen LogP contribution in [-0.2, 0) is 20.7 Å². The van der Waals surface area contributed by atoms with E-state index in [0.29, 0.717) is 12.0 Å². The Morgan fingerprint density at radius 1 is 1.50 bits per heavy atom. The van der Waals surface area contributed by atoms with Gasteiger partial charge in [-0.1, -0.05) is 17.7 Å². The molecule has 0 saturated heterocycles. The molecule has 0 saturated carbocycles. The number of rotatable bonds is 1. The summed E-state index contributed by atoms with van der Waals surface area (Å²) in [4.78, 5) is 22.9. The topological polar surface area (TPSA) is 52.6 Å². The Morgan fingerprint density at radius 3 is 2.94 bits per heavy atom. The number of ether oxygens (including phenoxy) is 2. The summed E-state index contributed by atoms with van der Waals surface area (Å²) in [6.07, 6.45) is -0.429. The zero-order valence-corrected chi connectivity index (χ0v) is 9.15. The molecule has 0 spiro atoms. The first-order valence-corrected chi connectivity index (χ1v) is 5.00. The monoisotopic (exact) mass is 220 g/mol. The number of carbonyl (C=O) groups excluding carboxylic acids is 2. The second-order valence-corrected chi connectivity index (χ2v) is 3.78. The van der Waals surface area contributed by atoms with E-state index in [2.05, 4.69) is 4.74 Å². The van der Waals surface area contributed by atoms with Crippen molar-refractivity contribution in [3.05, 3.63) is 34.9 Å². The van der Waals surface area contributed by atoms with Gasteiger partial charge in [0.15, 0.2) is 0 Å². The SMILES string of the molecule is COC(=O)C1Cc2ccc(C)cc2C(=O)O1. The van der Waals surface area contributed by atoms with Crippen molar-refractivity contribution in [2.24, 2.45) is 0 Å². The van der Waals surface area contributed by atoms with E-state index >= 15 is 0 Å². The van der Waals surface area contributed by atoms with E-state index in [1.807, 2.05) is 19.1 Å². The third-order valence-electron chi connectivity index (χ3n) is 2.60. The van der Waals surface area contributed by atoms with Crippen molar-refractivity contribution in [1.29, 1.82) is 0 Å². The molecule has 0 aromatic heterocycles. The Labute approximate surface area is 93.2 Å². The first kappa shape index (κ1) is 10.7. The standard InChI is InChI=1S/C12H12O4/c1-7-3-4-8-6-10(12(14)15-2)16-11(13)9(8)5-7/h3-5,10H,6H2,1-2H3. The number of methoxy groups -OCH3 is 1. The highest BCUT2D eigenvalue weighted by Crippen LogP contribution is 2.22. The molecule has 1 heterocycles. The molecule has 1 aromatic carbocycles. The summed E-state index contributed by atoms with van der Waals surface area (Å²) in [5, 5.41) is 0. The van der Waals surface area contributed by atoms with E-state index in [-0.39, 0.29) is 0 Å². The van der Waals surface area contributed by atoms with E-state index in [4.69, 9.17) is 4.74 Å². The van der Waals surface area contributed by atoms with Crippen molar-refractivity contribution < 1.29 is 19.1 Å². The van der Waals surface area contributed by atoms with Crippen LogP contribution in [0.2, 0.25) is 0 Å². The number of esters is 2. The van der Waals surface area contributed by atoms with Crippen LogP contribution < -0.4 is 0 Å². The van der Waals surface area contributed by atoms with Crippen molar-refractivity contribution in [3.63, 3.8) is 0 Å². The molecule has 4 nitrogen and oxygen atoms in total. The molecule has 1 aliphatic heterocycles. The number of benzene rings is 1. The zero-order valence-electron chi connectivity index (χ0n) is 9.15. The molecule has 0 N–H and O–H groups in total. The molecule has 1 unspecified atom stereocenters. The van der Waals surface area contributed by atoms with Gasteiger partial charge >= 0.3 is 11.9 Å². The van der Waals surface area contributed by atoms with Crippen LogP contribution in [0.4, 0.5) is 0 Å². The summed E-state index contributed by atoms with van der Waals surface area (Å²) in [6.45, 7) is 1.90. The maximum absolute atomic E-state index is 11.6. The fourth-order valence-corrected chi connectivity index (χ4v) is 1.76. The lowest BCUT2D eigenvalue weighted by molar-refractivity contribution is -0.151. The minimum atomic E-state index is -0.812. The maximum Gasteiger partial charge on any atom is 0.347 e. The Morgan fingerprint density at radius 2 is 2.25 bits per heavy atom. The van der Waals surface area contributed by atoms with E-state index in [0.717, 1.165) is 11.1 Å². The minimum absolute atomic E-state index is 0.383. The number of aryl methyl sites for hydroxylation is 1. The van der Waals surface area contributed by atoms with Gasteiger partial charge in [0.05, 0.1) is 12.7 Å². The van der Waals surface area contributed by atoms with E-state index < -0.39 is 18.0 Å². The molecule has 1 atom stereocenters. The number of fused-ring (bicyclic) bond motifs is 1. The van der Waals surface area contributed by atoms with E-state index in [9.17, 15) is 9.59 Å². The molecule has 1 aliphatic rings. The van der Waals surface area contributed by atoms with Gasteiger partial charge in [0.25, 0.3) is 0 Å². The van der Waals surface area contributed by atoms with Crippen LogP contribution in [0.15, 0.2) is 18.2 Å². The smallest absolute Gasteiger partial charge is 0.347 e. The highest BCUT2D eigenvalue weighted by Gasteiger charge is 2.31. The third kappa shape index (κ3) is 1.78. The van der Waals surface area contributed by atoms with Gasteiger partial charge in [0, 0.05) is 6.42 Å². The van der Waals surface area contributed by atoms with Crippen LogP contribution in [0.1, 0.15) is 21.5 Å². The largest absolute Gasteiger partial charge is 0.466 e. The summed E-state index contributed by atoms with van der Waals surface area (Å²) in [5.74, 6) is -0.972. The zero-order chi connectivity index (χ0) is 11.7. The lowest BCUT2D eigenvalue weighted by Crippen LogP contribution is -2.35. The summed E-state index contributed by atoms with van der Waals surface area (Å²) in [5.41, 5.74) is 2.37. The number of carbonyl (C=O) groups is 2. The summed E-state index contributed by atoms with van der Waals surface area (Å²) in [6, 6.07) is 5.53. The Hall–Kier alpha value is -1.84. The van der Waals surface area contributed by atoms with Crippen LogP contribution in [0, 0.1) is 6.92 Å². The molecule has 1 aromatic rings. The van der Waals surface area contributed by atoms with Gasteiger partial charge in [0.2, 0.25) is 6.10 Å². The van der Waals surface area contributed by atoms with Crippen LogP contribution in [-0.4, -0.2) is 25.2 Å². The van der Waals surface area contributed by atoms with Gasteiger partial charge < -0.3 is 9.47 Å². The highest BCUT2D eigenvalue weighted by molar-refractivity contribution is 5.95. The Balaban J connectivity index is 2.33. The van der Waals surface area contributed by atoms with E-state index in [1.54, 1.807) is 6.07 Å². The lowest BCUT2D eigenvalue weighted by Gasteiger charge is -2.22. The quantitative estimate of drug-likeness (QED) is 0.668. The number of hydrogen-bond donors (Lipinski definition) is 0. The van der Waals surface area contributed by atoms with Crippen molar-refractivity contribution in [2.75, 3.05) is 7.11 Å². The molecule has 16 heavy (non-hydrogen) atoms. The van der Waals surface area contributed by atoms with Gasteiger partial charge in [-0.2, -0.15) is 0 Å². The van der Waals surface area contributed by atoms with Crippen LogP contribution in [0.25, 0.3) is 0 Å². The van der Waals surface area contributed by atoms with Crippen molar-refractivity contribution in [3.8, 4) is 0 Å². The average molecular weight is 220 g/mol.